The van der Waals surface area contributed by atoms with E-state index in [4.69, 9.17) is 5.73 Å². The number of phenols is 1. The van der Waals surface area contributed by atoms with Crippen LogP contribution in [0.3, 0.4) is 0 Å². The summed E-state index contributed by atoms with van der Waals surface area (Å²) in [5.41, 5.74) is 6.06. The molecule has 0 spiro atoms. The summed E-state index contributed by atoms with van der Waals surface area (Å²) in [5, 5.41) is 14.6. The number of carbonyl (C=O) groups is 2. The number of nitrogen functional groups attached to an aromatic ring is 1. The van der Waals surface area contributed by atoms with E-state index in [1.807, 2.05) is 13.8 Å². The number of aromatic hydroxyl groups is 1. The number of benzene rings is 1. The van der Waals surface area contributed by atoms with Crippen LogP contribution in [0.4, 0.5) is 5.69 Å². The van der Waals surface area contributed by atoms with Gasteiger partial charge < -0.3 is 21.5 Å². The van der Waals surface area contributed by atoms with Gasteiger partial charge in [0.2, 0.25) is 5.91 Å². The highest BCUT2D eigenvalue weighted by atomic mass is 16.3. The Hall–Kier alpha value is -2.24. The smallest absolute Gasteiger partial charge is 0.254 e. The van der Waals surface area contributed by atoms with E-state index in [0.29, 0.717) is 12.5 Å². The summed E-state index contributed by atoms with van der Waals surface area (Å²) in [6.45, 7) is 6.10. The maximum atomic E-state index is 12.0. The van der Waals surface area contributed by atoms with Gasteiger partial charge in [-0.25, -0.2) is 0 Å². The van der Waals surface area contributed by atoms with Crippen molar-refractivity contribution in [2.24, 2.45) is 5.92 Å². The quantitative estimate of drug-likeness (QED) is 0.474. The van der Waals surface area contributed by atoms with Crippen LogP contribution in [0, 0.1) is 5.92 Å². The van der Waals surface area contributed by atoms with E-state index in [9.17, 15) is 14.7 Å². The first-order chi connectivity index (χ1) is 9.31. The minimum atomic E-state index is -0.678. The normalized spacial score (nSPS) is 12.0. The lowest BCUT2D eigenvalue weighted by Gasteiger charge is -2.16. The van der Waals surface area contributed by atoms with Gasteiger partial charge in [-0.2, -0.15) is 0 Å². The van der Waals surface area contributed by atoms with Crippen molar-refractivity contribution in [3.05, 3.63) is 23.8 Å². The number of phenolic OH excluding ortho intramolecular Hbond substituents is 1. The average molecular weight is 279 g/mol. The van der Waals surface area contributed by atoms with Crippen LogP contribution >= 0.6 is 0 Å². The molecular formula is C14H21N3O3. The first-order valence-electron chi connectivity index (χ1n) is 6.48. The summed E-state index contributed by atoms with van der Waals surface area (Å²) in [7, 11) is 0. The summed E-state index contributed by atoms with van der Waals surface area (Å²) in [5.74, 6) is -0.471. The fourth-order valence-corrected chi connectivity index (χ4v) is 1.54. The van der Waals surface area contributed by atoms with Crippen molar-refractivity contribution in [2.75, 3.05) is 12.3 Å². The van der Waals surface area contributed by atoms with Crippen LogP contribution in [0.2, 0.25) is 0 Å². The summed E-state index contributed by atoms with van der Waals surface area (Å²) in [4.78, 5) is 23.7. The Morgan fingerprint density at radius 2 is 1.95 bits per heavy atom. The average Bonchev–Trinajstić information content (AvgIpc) is 2.38. The fraction of sp³-hybridized carbons (Fsp3) is 0.429. The lowest BCUT2D eigenvalue weighted by Crippen LogP contribution is -2.45. The first-order valence-corrected chi connectivity index (χ1v) is 6.48. The number of nitrogens with one attached hydrogen (secondary N) is 2. The maximum absolute atomic E-state index is 12.0. The van der Waals surface area contributed by atoms with Crippen LogP contribution in [0.5, 0.6) is 5.75 Å². The van der Waals surface area contributed by atoms with Gasteiger partial charge in [0.05, 0.1) is 5.56 Å². The van der Waals surface area contributed by atoms with E-state index in [2.05, 4.69) is 10.6 Å². The van der Waals surface area contributed by atoms with Crippen molar-refractivity contribution in [3.63, 3.8) is 0 Å². The number of rotatable bonds is 5. The van der Waals surface area contributed by atoms with Crippen LogP contribution in [-0.2, 0) is 4.79 Å². The molecular weight excluding hydrogens is 258 g/mol. The molecule has 110 valence electrons. The van der Waals surface area contributed by atoms with Crippen molar-refractivity contribution in [3.8, 4) is 5.75 Å². The Morgan fingerprint density at radius 1 is 1.30 bits per heavy atom. The highest BCUT2D eigenvalue weighted by Gasteiger charge is 2.18. The van der Waals surface area contributed by atoms with Gasteiger partial charge in [-0.15, -0.1) is 0 Å². The van der Waals surface area contributed by atoms with Crippen molar-refractivity contribution >= 4 is 17.5 Å². The van der Waals surface area contributed by atoms with Crippen molar-refractivity contribution < 1.29 is 14.7 Å². The molecule has 0 aliphatic heterocycles. The van der Waals surface area contributed by atoms with E-state index >= 15 is 0 Å². The molecule has 20 heavy (non-hydrogen) atoms. The molecule has 0 fully saturated rings. The molecule has 0 saturated carbocycles. The fourth-order valence-electron chi connectivity index (χ4n) is 1.54. The number of amides is 2. The van der Waals surface area contributed by atoms with Crippen molar-refractivity contribution in [1.82, 2.24) is 10.6 Å². The predicted octanol–water partition coefficient (Wildman–Crippen LogP) is 0.865. The summed E-state index contributed by atoms with van der Waals surface area (Å²) in [6, 6.07) is 3.42. The van der Waals surface area contributed by atoms with Gasteiger partial charge in [0.15, 0.2) is 0 Å². The van der Waals surface area contributed by atoms with Gasteiger partial charge in [-0.3, -0.25) is 9.59 Å². The molecule has 6 heteroatoms. The number of carbonyl (C=O) groups excluding carboxylic acids is 2. The van der Waals surface area contributed by atoms with Gasteiger partial charge in [0.25, 0.3) is 5.91 Å². The van der Waals surface area contributed by atoms with Gasteiger partial charge in [-0.05, 0) is 31.0 Å². The molecule has 0 saturated heterocycles. The molecule has 1 aromatic carbocycles. The largest absolute Gasteiger partial charge is 0.508 e. The Balaban J connectivity index is 2.65. The van der Waals surface area contributed by atoms with Crippen molar-refractivity contribution in [2.45, 2.75) is 26.8 Å². The van der Waals surface area contributed by atoms with Crippen LogP contribution in [0.15, 0.2) is 18.2 Å². The van der Waals surface area contributed by atoms with Crippen molar-refractivity contribution in [1.29, 1.82) is 0 Å². The Bertz CT molecular complexity index is 500. The van der Waals surface area contributed by atoms with Gasteiger partial charge >= 0.3 is 0 Å². The van der Waals surface area contributed by atoms with Gasteiger partial charge in [0.1, 0.15) is 11.8 Å². The number of nitrogens with two attached hydrogens (primary N) is 1. The SMILES string of the molecule is CC(C)CNC(=O)C(C)NC(=O)c1cc(O)ccc1N. The molecule has 0 heterocycles. The Morgan fingerprint density at radius 3 is 2.55 bits per heavy atom. The summed E-state index contributed by atoms with van der Waals surface area (Å²) < 4.78 is 0. The molecule has 6 nitrogen and oxygen atoms in total. The van der Waals surface area contributed by atoms with E-state index < -0.39 is 11.9 Å². The molecule has 0 aromatic heterocycles. The predicted molar refractivity (Wildman–Crippen MR) is 77.3 cm³/mol. The molecule has 0 aliphatic carbocycles. The van der Waals surface area contributed by atoms with E-state index in [-0.39, 0.29) is 22.9 Å². The molecule has 0 radical (unpaired) electrons. The molecule has 5 N–H and O–H groups in total. The third kappa shape index (κ3) is 4.46. The second-order valence-electron chi connectivity index (χ2n) is 5.11. The van der Waals surface area contributed by atoms with E-state index in [0.717, 1.165) is 0 Å². The maximum Gasteiger partial charge on any atom is 0.254 e. The minimum Gasteiger partial charge on any atom is -0.508 e. The molecule has 0 bridgehead atoms. The third-order valence-electron chi connectivity index (χ3n) is 2.71. The van der Waals surface area contributed by atoms with E-state index in [1.54, 1.807) is 6.92 Å². The molecule has 1 atom stereocenters. The lowest BCUT2D eigenvalue weighted by molar-refractivity contribution is -0.122. The molecule has 1 aromatic rings. The highest BCUT2D eigenvalue weighted by Crippen LogP contribution is 2.18. The molecule has 1 unspecified atom stereocenters. The topological polar surface area (TPSA) is 104 Å². The summed E-state index contributed by atoms with van der Waals surface area (Å²) >= 11 is 0. The first kappa shape index (κ1) is 15.8. The van der Waals surface area contributed by atoms with Crippen LogP contribution in [0.25, 0.3) is 0 Å². The lowest BCUT2D eigenvalue weighted by atomic mass is 10.1. The van der Waals surface area contributed by atoms with Crippen LogP contribution in [-0.4, -0.2) is 29.5 Å². The van der Waals surface area contributed by atoms with Gasteiger partial charge in [0, 0.05) is 12.2 Å². The third-order valence-corrected chi connectivity index (χ3v) is 2.71. The molecule has 0 aliphatic rings. The second-order valence-corrected chi connectivity index (χ2v) is 5.11. The second kappa shape index (κ2) is 6.79. The highest BCUT2D eigenvalue weighted by molar-refractivity contribution is 6.01. The van der Waals surface area contributed by atoms with Crippen LogP contribution in [0.1, 0.15) is 31.1 Å². The zero-order chi connectivity index (χ0) is 15.3. The minimum absolute atomic E-state index is 0.0544. The summed E-state index contributed by atoms with van der Waals surface area (Å²) in [6.07, 6.45) is 0. The van der Waals surface area contributed by atoms with Gasteiger partial charge in [-0.1, -0.05) is 13.8 Å². The van der Waals surface area contributed by atoms with E-state index in [1.165, 1.54) is 18.2 Å². The number of hydrogen-bond acceptors (Lipinski definition) is 4. The Kier molecular flexibility index (Phi) is 5.37. The standard InChI is InChI=1S/C14H21N3O3/c1-8(2)7-16-13(19)9(3)17-14(20)11-6-10(18)4-5-12(11)15/h4-6,8-9,18H,7,15H2,1-3H3,(H,16,19)(H,17,20). The monoisotopic (exact) mass is 279 g/mol. The zero-order valence-corrected chi connectivity index (χ0v) is 11.9. The molecule has 2 amide bonds. The van der Waals surface area contributed by atoms with Crippen LogP contribution < -0.4 is 16.4 Å². The Labute approximate surface area is 118 Å². The number of hydrogen-bond donors (Lipinski definition) is 4. The number of anilines is 1. The molecule has 1 rings (SSSR count). The zero-order valence-electron chi connectivity index (χ0n) is 11.9.